The molecule has 1 aliphatic rings. The van der Waals surface area contributed by atoms with E-state index >= 15 is 0 Å². The number of hydrazine groups is 2. The summed E-state index contributed by atoms with van der Waals surface area (Å²) in [6.07, 6.45) is -0.523. The lowest BCUT2D eigenvalue weighted by molar-refractivity contribution is 0.236. The standard InChI is InChI=1S/C34H37N9O/c1-20-16-30(41(3)4)26-18-23(10-14-28(26)36-20)32-38-33(22-8-12-25(44-7)13-9-22)43(40-35)34(39-32)24-11-15-29-27(19-24)31(42(5)6)17-21(2)37-29/h8-19,34,40H,35H2,1-7H3. The summed E-state index contributed by atoms with van der Waals surface area (Å²) in [5, 5.41) is 3.85. The first kappa shape index (κ1) is 29.0. The number of anilines is 2. The number of aromatic nitrogens is 2. The Kier molecular flexibility index (Phi) is 7.62. The number of amidine groups is 2. The Morgan fingerprint density at radius 1 is 0.750 bits per heavy atom. The number of ether oxygens (including phenoxy) is 1. The fourth-order valence-corrected chi connectivity index (χ4v) is 5.64. The van der Waals surface area contributed by atoms with Gasteiger partial charge in [-0.3, -0.25) is 15.8 Å². The maximum Gasteiger partial charge on any atom is 0.166 e. The monoisotopic (exact) mass is 587 g/mol. The Bertz CT molecular complexity index is 1930. The van der Waals surface area contributed by atoms with Crippen LogP contribution in [0, 0.1) is 13.8 Å². The number of methoxy groups -OCH3 is 1. The summed E-state index contributed by atoms with van der Waals surface area (Å²) in [5.41, 5.74) is 11.5. The van der Waals surface area contributed by atoms with E-state index < -0.39 is 6.17 Å². The molecule has 0 amide bonds. The summed E-state index contributed by atoms with van der Waals surface area (Å²) < 4.78 is 5.41. The number of aryl methyl sites for hydroxylation is 2. The molecule has 3 heterocycles. The van der Waals surface area contributed by atoms with Crippen molar-refractivity contribution in [3.05, 3.63) is 101 Å². The molecule has 3 N–H and O–H groups in total. The second-order valence-electron chi connectivity index (χ2n) is 11.4. The summed E-state index contributed by atoms with van der Waals surface area (Å²) in [7, 11) is 9.81. The summed E-state index contributed by atoms with van der Waals surface area (Å²) in [6, 6.07) is 24.4. The van der Waals surface area contributed by atoms with Crippen molar-refractivity contribution >= 4 is 44.9 Å². The van der Waals surface area contributed by atoms with Crippen LogP contribution in [0.1, 0.15) is 34.2 Å². The van der Waals surface area contributed by atoms with Gasteiger partial charge in [0.05, 0.1) is 18.1 Å². The van der Waals surface area contributed by atoms with Crippen LogP contribution in [0.25, 0.3) is 21.8 Å². The molecule has 10 heteroatoms. The van der Waals surface area contributed by atoms with Crippen LogP contribution in [0.4, 0.5) is 11.4 Å². The molecule has 2 aromatic heterocycles. The molecule has 1 unspecified atom stereocenters. The second kappa shape index (κ2) is 11.6. The van der Waals surface area contributed by atoms with Crippen LogP contribution in [0.15, 0.2) is 82.8 Å². The molecule has 44 heavy (non-hydrogen) atoms. The van der Waals surface area contributed by atoms with Gasteiger partial charge in [0.2, 0.25) is 0 Å². The van der Waals surface area contributed by atoms with Crippen molar-refractivity contribution in [2.75, 3.05) is 45.1 Å². The Morgan fingerprint density at radius 3 is 1.89 bits per heavy atom. The second-order valence-corrected chi connectivity index (χ2v) is 11.4. The quantitative estimate of drug-likeness (QED) is 0.200. The first-order chi connectivity index (χ1) is 21.2. The molecule has 5 aromatic rings. The molecule has 224 valence electrons. The van der Waals surface area contributed by atoms with E-state index in [9.17, 15) is 0 Å². The maximum atomic E-state index is 6.22. The SMILES string of the molecule is COc1ccc(C2=NC(c3ccc4nc(C)cc(N(C)C)c4c3)=NC(c3ccc4nc(C)cc(N(C)C)c4c3)N2NN)cc1. The fraction of sp³-hybridized carbons (Fsp3) is 0.235. The van der Waals surface area contributed by atoms with Crippen molar-refractivity contribution in [2.24, 2.45) is 15.8 Å². The molecule has 0 saturated carbocycles. The van der Waals surface area contributed by atoms with E-state index in [4.69, 9.17) is 30.5 Å². The smallest absolute Gasteiger partial charge is 0.166 e. The minimum absolute atomic E-state index is 0.523. The van der Waals surface area contributed by atoms with Gasteiger partial charge in [-0.25, -0.2) is 15.0 Å². The summed E-state index contributed by atoms with van der Waals surface area (Å²) in [5.74, 6) is 8.20. The van der Waals surface area contributed by atoms with E-state index in [2.05, 4.69) is 45.7 Å². The minimum Gasteiger partial charge on any atom is -0.497 e. The molecule has 0 saturated heterocycles. The highest BCUT2D eigenvalue weighted by Gasteiger charge is 2.30. The molecule has 0 aliphatic carbocycles. The van der Waals surface area contributed by atoms with Crippen LogP contribution in [0.3, 0.4) is 0 Å². The summed E-state index contributed by atoms with van der Waals surface area (Å²) in [6.45, 7) is 4.02. The third-order valence-electron chi connectivity index (χ3n) is 7.79. The van der Waals surface area contributed by atoms with Crippen LogP contribution in [-0.2, 0) is 0 Å². The molecular formula is C34H37N9O. The van der Waals surface area contributed by atoms with Crippen molar-refractivity contribution in [1.29, 1.82) is 0 Å². The number of rotatable bonds is 7. The number of pyridine rings is 2. The lowest BCUT2D eigenvalue weighted by Crippen LogP contribution is -2.50. The topological polar surface area (TPSA) is 108 Å². The van der Waals surface area contributed by atoms with Gasteiger partial charge in [-0.05, 0) is 86.1 Å². The van der Waals surface area contributed by atoms with Crippen LogP contribution < -0.4 is 25.9 Å². The van der Waals surface area contributed by atoms with Crippen molar-refractivity contribution in [3.8, 4) is 5.75 Å². The van der Waals surface area contributed by atoms with Gasteiger partial charge >= 0.3 is 0 Å². The Morgan fingerprint density at radius 2 is 1.32 bits per heavy atom. The van der Waals surface area contributed by atoms with Crippen molar-refractivity contribution in [1.82, 2.24) is 20.5 Å². The van der Waals surface area contributed by atoms with Crippen molar-refractivity contribution < 1.29 is 4.74 Å². The Balaban J connectivity index is 1.56. The largest absolute Gasteiger partial charge is 0.497 e. The van der Waals surface area contributed by atoms with E-state index in [0.29, 0.717) is 11.7 Å². The first-order valence-corrected chi connectivity index (χ1v) is 14.4. The lowest BCUT2D eigenvalue weighted by Gasteiger charge is -2.34. The molecule has 0 radical (unpaired) electrons. The van der Waals surface area contributed by atoms with Crippen LogP contribution in [0.2, 0.25) is 0 Å². The Hall–Kier alpha value is -5.06. The Labute approximate surface area is 257 Å². The van der Waals surface area contributed by atoms with Gasteiger partial charge in [-0.1, -0.05) is 6.07 Å². The van der Waals surface area contributed by atoms with Crippen molar-refractivity contribution in [2.45, 2.75) is 20.0 Å². The van der Waals surface area contributed by atoms with E-state index in [0.717, 1.165) is 67.0 Å². The number of nitrogens with two attached hydrogens (primary N) is 1. The molecule has 10 nitrogen and oxygen atoms in total. The van der Waals surface area contributed by atoms with E-state index in [1.807, 2.05) is 84.5 Å². The molecule has 6 rings (SSSR count). The number of nitrogens with one attached hydrogen (secondary N) is 1. The van der Waals surface area contributed by atoms with E-state index in [1.54, 1.807) is 12.1 Å². The third kappa shape index (κ3) is 5.29. The number of hydrogen-bond donors (Lipinski definition) is 2. The van der Waals surface area contributed by atoms with E-state index in [1.165, 1.54) is 0 Å². The third-order valence-corrected chi connectivity index (χ3v) is 7.79. The van der Waals surface area contributed by atoms with Crippen LogP contribution in [-0.4, -0.2) is 61.9 Å². The van der Waals surface area contributed by atoms with Gasteiger partial charge in [0, 0.05) is 72.9 Å². The molecule has 1 aliphatic heterocycles. The molecular weight excluding hydrogens is 550 g/mol. The normalized spacial score (nSPS) is 14.9. The molecule has 0 bridgehead atoms. The summed E-state index contributed by atoms with van der Waals surface area (Å²) in [4.78, 5) is 24.0. The zero-order valence-electron chi connectivity index (χ0n) is 26.1. The maximum absolute atomic E-state index is 6.22. The highest BCUT2D eigenvalue weighted by Crippen LogP contribution is 2.34. The van der Waals surface area contributed by atoms with Crippen molar-refractivity contribution in [3.63, 3.8) is 0 Å². The first-order valence-electron chi connectivity index (χ1n) is 14.4. The lowest BCUT2D eigenvalue weighted by atomic mass is 10.0. The highest BCUT2D eigenvalue weighted by atomic mass is 16.5. The summed E-state index contributed by atoms with van der Waals surface area (Å²) >= 11 is 0. The molecule has 0 spiro atoms. The number of benzene rings is 3. The molecule has 0 fully saturated rings. The van der Waals surface area contributed by atoms with Gasteiger partial charge < -0.3 is 14.5 Å². The van der Waals surface area contributed by atoms with Crippen LogP contribution >= 0.6 is 0 Å². The predicted molar refractivity (Wildman–Crippen MR) is 180 cm³/mol. The average molecular weight is 588 g/mol. The van der Waals surface area contributed by atoms with Gasteiger partial charge in [0.15, 0.2) is 17.8 Å². The zero-order valence-corrected chi connectivity index (χ0v) is 26.1. The molecule has 3 aromatic carbocycles. The van der Waals surface area contributed by atoms with Gasteiger partial charge in [0.1, 0.15) is 5.75 Å². The van der Waals surface area contributed by atoms with Gasteiger partial charge in [-0.2, -0.15) is 5.53 Å². The predicted octanol–water partition coefficient (Wildman–Crippen LogP) is 5.13. The average Bonchev–Trinajstić information content (AvgIpc) is 3.02. The molecule has 1 atom stereocenters. The highest BCUT2D eigenvalue weighted by molar-refractivity contribution is 6.14. The number of hydrogen-bond acceptors (Lipinski definition) is 10. The number of nitrogens with zero attached hydrogens (tertiary/aromatic N) is 7. The number of fused-ring (bicyclic) bond motifs is 2. The number of aliphatic imine (C=N–C) groups is 2. The van der Waals surface area contributed by atoms with Crippen LogP contribution in [0.5, 0.6) is 5.75 Å². The zero-order chi connectivity index (χ0) is 31.1. The fourth-order valence-electron chi connectivity index (χ4n) is 5.64. The van der Waals surface area contributed by atoms with Gasteiger partial charge in [0.25, 0.3) is 0 Å². The van der Waals surface area contributed by atoms with Gasteiger partial charge in [-0.15, -0.1) is 0 Å². The van der Waals surface area contributed by atoms with E-state index in [-0.39, 0.29) is 0 Å². The minimum atomic E-state index is -0.523.